The number of amides is 1. The number of aliphatic hydroxyl groups excluding tert-OH is 2. The number of nitrogens with zero attached hydrogens (tertiary/aromatic N) is 4. The number of aromatic nitrogens is 2. The summed E-state index contributed by atoms with van der Waals surface area (Å²) in [5.74, 6) is 2.13. The molecule has 200 valence electrons. The first-order valence-electron chi connectivity index (χ1n) is 13.2. The maximum absolute atomic E-state index is 13.5. The lowest BCUT2D eigenvalue weighted by Crippen LogP contribution is -2.43. The lowest BCUT2D eigenvalue weighted by molar-refractivity contribution is 0.0529. The lowest BCUT2D eigenvalue weighted by Gasteiger charge is -2.34. The average Bonchev–Trinajstić information content (AvgIpc) is 3.67. The van der Waals surface area contributed by atoms with Crippen molar-refractivity contribution in [2.45, 2.75) is 51.2 Å². The third-order valence-electron chi connectivity index (χ3n) is 7.87. The molecule has 1 atom stereocenters. The van der Waals surface area contributed by atoms with Crippen molar-refractivity contribution >= 4 is 29.2 Å². The Hall–Kier alpha value is -2.95. The van der Waals surface area contributed by atoms with Crippen LogP contribution in [0.5, 0.6) is 0 Å². The first kappa shape index (κ1) is 25.7. The van der Waals surface area contributed by atoms with E-state index in [9.17, 15) is 15.0 Å². The molecule has 10 heteroatoms. The average molecular weight is 511 g/mol. The van der Waals surface area contributed by atoms with E-state index in [4.69, 9.17) is 14.7 Å². The van der Waals surface area contributed by atoms with E-state index in [0.29, 0.717) is 35.0 Å². The molecule has 2 aromatic heterocycles. The van der Waals surface area contributed by atoms with Gasteiger partial charge in [0.2, 0.25) is 0 Å². The molecule has 3 aliphatic rings. The molecule has 0 radical (unpaired) electrons. The SMILES string of the molecule is C[C@@H]1CN(c2cccc(NC(=O)c3ccc(NC(C)(CO)CO)nc3N3CCC4(CC3)CC4)n2)CCO1. The number of piperidine rings is 1. The predicted octanol–water partition coefficient (Wildman–Crippen LogP) is 2.49. The molecule has 2 saturated heterocycles. The van der Waals surface area contributed by atoms with E-state index in [2.05, 4.69) is 20.4 Å². The van der Waals surface area contributed by atoms with Crippen LogP contribution >= 0.6 is 0 Å². The molecule has 1 amide bonds. The van der Waals surface area contributed by atoms with Gasteiger partial charge in [0, 0.05) is 26.2 Å². The minimum absolute atomic E-state index is 0.132. The highest BCUT2D eigenvalue weighted by Crippen LogP contribution is 2.54. The van der Waals surface area contributed by atoms with Crippen LogP contribution in [-0.4, -0.2) is 83.7 Å². The van der Waals surface area contributed by atoms with Crippen LogP contribution in [0, 0.1) is 5.41 Å². The normalized spacial score (nSPS) is 21.1. The Bertz CT molecular complexity index is 1110. The third kappa shape index (κ3) is 5.81. The monoisotopic (exact) mass is 510 g/mol. The summed E-state index contributed by atoms with van der Waals surface area (Å²) in [5.41, 5.74) is 0.0388. The maximum Gasteiger partial charge on any atom is 0.260 e. The number of hydrogen-bond donors (Lipinski definition) is 4. The Morgan fingerprint density at radius 2 is 1.81 bits per heavy atom. The zero-order chi connectivity index (χ0) is 26.0. The number of carbonyl (C=O) groups is 1. The van der Waals surface area contributed by atoms with E-state index in [1.54, 1.807) is 25.1 Å². The summed E-state index contributed by atoms with van der Waals surface area (Å²) in [4.78, 5) is 27.3. The second kappa shape index (κ2) is 10.4. The summed E-state index contributed by atoms with van der Waals surface area (Å²) in [6.07, 6.45) is 4.91. The number of anilines is 4. The van der Waals surface area contributed by atoms with E-state index < -0.39 is 5.54 Å². The summed E-state index contributed by atoms with van der Waals surface area (Å²) in [5, 5.41) is 25.6. The van der Waals surface area contributed by atoms with Crippen molar-refractivity contribution in [1.29, 1.82) is 0 Å². The summed E-state index contributed by atoms with van der Waals surface area (Å²) in [6.45, 7) is 7.11. The molecule has 37 heavy (non-hydrogen) atoms. The highest BCUT2D eigenvalue weighted by molar-refractivity contribution is 6.07. The molecule has 2 aromatic rings. The van der Waals surface area contributed by atoms with Gasteiger partial charge >= 0.3 is 0 Å². The van der Waals surface area contributed by atoms with Gasteiger partial charge in [0.05, 0.1) is 37.0 Å². The summed E-state index contributed by atoms with van der Waals surface area (Å²) in [7, 11) is 0. The van der Waals surface area contributed by atoms with Gasteiger partial charge in [-0.15, -0.1) is 0 Å². The van der Waals surface area contributed by atoms with Crippen molar-refractivity contribution in [2.24, 2.45) is 5.41 Å². The maximum atomic E-state index is 13.5. The van der Waals surface area contributed by atoms with Crippen LogP contribution in [0.1, 0.15) is 49.9 Å². The molecule has 10 nitrogen and oxygen atoms in total. The van der Waals surface area contributed by atoms with Gasteiger partial charge in [-0.25, -0.2) is 9.97 Å². The van der Waals surface area contributed by atoms with Crippen molar-refractivity contribution in [3.8, 4) is 0 Å². The molecule has 5 rings (SSSR count). The molecule has 4 N–H and O–H groups in total. The van der Waals surface area contributed by atoms with Crippen LogP contribution < -0.4 is 20.4 Å². The molecule has 0 aromatic carbocycles. The van der Waals surface area contributed by atoms with Crippen LogP contribution in [0.4, 0.5) is 23.3 Å². The fourth-order valence-corrected chi connectivity index (χ4v) is 5.12. The van der Waals surface area contributed by atoms with E-state index in [1.165, 1.54) is 12.8 Å². The first-order valence-corrected chi connectivity index (χ1v) is 13.2. The van der Waals surface area contributed by atoms with Gasteiger partial charge in [0.25, 0.3) is 5.91 Å². The molecule has 1 aliphatic carbocycles. The molecule has 0 bridgehead atoms. The Balaban J connectivity index is 1.38. The van der Waals surface area contributed by atoms with E-state index >= 15 is 0 Å². The number of carbonyl (C=O) groups excluding carboxylic acids is 1. The zero-order valence-electron chi connectivity index (χ0n) is 21.7. The van der Waals surface area contributed by atoms with Crippen LogP contribution in [0.15, 0.2) is 30.3 Å². The molecule has 1 spiro atoms. The van der Waals surface area contributed by atoms with Gasteiger partial charge in [-0.3, -0.25) is 4.79 Å². The summed E-state index contributed by atoms with van der Waals surface area (Å²) < 4.78 is 5.64. The minimum Gasteiger partial charge on any atom is -0.394 e. The van der Waals surface area contributed by atoms with Crippen molar-refractivity contribution < 1.29 is 19.7 Å². The molecular weight excluding hydrogens is 472 g/mol. The molecular formula is C27H38N6O4. The summed E-state index contributed by atoms with van der Waals surface area (Å²) in [6, 6.07) is 9.11. The Kier molecular flexibility index (Phi) is 7.24. The van der Waals surface area contributed by atoms with Crippen molar-refractivity contribution in [1.82, 2.24) is 9.97 Å². The molecule has 4 heterocycles. The summed E-state index contributed by atoms with van der Waals surface area (Å²) >= 11 is 0. The number of pyridine rings is 2. The minimum atomic E-state index is -0.921. The van der Waals surface area contributed by atoms with Gasteiger partial charge in [0.1, 0.15) is 23.3 Å². The number of nitrogens with one attached hydrogen (secondary N) is 2. The van der Waals surface area contributed by atoms with Gasteiger partial charge in [-0.1, -0.05) is 6.07 Å². The van der Waals surface area contributed by atoms with Crippen molar-refractivity contribution in [3.63, 3.8) is 0 Å². The van der Waals surface area contributed by atoms with Crippen LogP contribution in [-0.2, 0) is 4.74 Å². The predicted molar refractivity (Wildman–Crippen MR) is 143 cm³/mol. The van der Waals surface area contributed by atoms with E-state index in [1.807, 2.05) is 19.1 Å². The Labute approximate surface area is 218 Å². The fraction of sp³-hybridized carbons (Fsp3) is 0.593. The van der Waals surface area contributed by atoms with Gasteiger partial charge < -0.3 is 35.4 Å². The number of aliphatic hydroxyl groups is 2. The number of rotatable bonds is 8. The molecule has 0 unspecified atom stereocenters. The molecule has 1 saturated carbocycles. The zero-order valence-corrected chi connectivity index (χ0v) is 21.7. The number of morpholine rings is 1. The van der Waals surface area contributed by atoms with Crippen molar-refractivity contribution in [3.05, 3.63) is 35.9 Å². The second-order valence-electron chi connectivity index (χ2n) is 11.0. The van der Waals surface area contributed by atoms with Crippen LogP contribution in [0.2, 0.25) is 0 Å². The van der Waals surface area contributed by atoms with Crippen LogP contribution in [0.25, 0.3) is 0 Å². The number of ether oxygens (including phenoxy) is 1. The molecule has 3 fully saturated rings. The standard InChI is InChI=1S/C27H38N6O4/c1-19-16-33(14-15-37-19)23-5-3-4-21(28-23)30-25(36)20-6-7-22(31-26(2,17-34)18-35)29-24(20)32-12-10-27(8-9-27)11-13-32/h3-7,19,34-35H,8-18H2,1-2H3,(H,29,31)(H,28,30,36)/t19-/m1/s1. The Morgan fingerprint density at radius 1 is 1.05 bits per heavy atom. The largest absolute Gasteiger partial charge is 0.394 e. The van der Waals surface area contributed by atoms with E-state index in [-0.39, 0.29) is 25.2 Å². The smallest absolute Gasteiger partial charge is 0.260 e. The van der Waals surface area contributed by atoms with Crippen LogP contribution in [0.3, 0.4) is 0 Å². The third-order valence-corrected chi connectivity index (χ3v) is 7.87. The second-order valence-corrected chi connectivity index (χ2v) is 11.0. The number of hydrogen-bond acceptors (Lipinski definition) is 9. The van der Waals surface area contributed by atoms with Gasteiger partial charge in [-0.05, 0) is 69.2 Å². The first-order chi connectivity index (χ1) is 17.8. The lowest BCUT2D eigenvalue weighted by atomic mass is 9.93. The van der Waals surface area contributed by atoms with Gasteiger partial charge in [0.15, 0.2) is 0 Å². The quantitative estimate of drug-likeness (QED) is 0.424. The van der Waals surface area contributed by atoms with E-state index in [0.717, 1.165) is 44.8 Å². The molecule has 2 aliphatic heterocycles. The fourth-order valence-electron chi connectivity index (χ4n) is 5.12. The highest BCUT2D eigenvalue weighted by atomic mass is 16.5. The topological polar surface area (TPSA) is 123 Å². The Morgan fingerprint density at radius 3 is 2.49 bits per heavy atom. The van der Waals surface area contributed by atoms with Crippen molar-refractivity contribution in [2.75, 3.05) is 66.4 Å². The highest BCUT2D eigenvalue weighted by Gasteiger charge is 2.45. The van der Waals surface area contributed by atoms with Gasteiger partial charge in [-0.2, -0.15) is 0 Å².